The molecule has 0 spiro atoms. The Kier molecular flexibility index (Phi) is 5.09. The molecule has 94 valence electrons. The molecule has 5 heteroatoms. The van der Waals surface area contributed by atoms with Gasteiger partial charge in [0.1, 0.15) is 0 Å². The predicted octanol–water partition coefficient (Wildman–Crippen LogP) is 4.07. The topological polar surface area (TPSA) is 49.3 Å². The molecule has 0 radical (unpaired) electrons. The van der Waals surface area contributed by atoms with Crippen molar-refractivity contribution >= 4 is 34.8 Å². The summed E-state index contributed by atoms with van der Waals surface area (Å²) < 4.78 is 0. The van der Waals surface area contributed by atoms with Gasteiger partial charge in [0.15, 0.2) is 5.75 Å². The monoisotopic (exact) mass is 275 g/mol. The van der Waals surface area contributed by atoms with Gasteiger partial charge in [-0.3, -0.25) is 4.79 Å². The van der Waals surface area contributed by atoms with E-state index >= 15 is 0 Å². The molecular weight excluding hydrogens is 261 g/mol. The van der Waals surface area contributed by atoms with Crippen LogP contribution in [-0.2, 0) is 4.79 Å². The van der Waals surface area contributed by atoms with E-state index in [1.54, 1.807) is 0 Å². The molecule has 0 fully saturated rings. The lowest BCUT2D eigenvalue weighted by atomic mass is 10.1. The second kappa shape index (κ2) is 6.12. The number of carbonyl (C=O) groups is 1. The summed E-state index contributed by atoms with van der Waals surface area (Å²) in [5.74, 6) is -0.0200. The minimum atomic E-state index is -0.159. The first-order valence-corrected chi connectivity index (χ1v) is 6.17. The molecule has 1 aromatic carbocycles. The molecule has 2 N–H and O–H groups in total. The first kappa shape index (κ1) is 14.1. The molecule has 1 unspecified atom stereocenters. The molecule has 1 rings (SSSR count). The fraction of sp³-hybridized carbons (Fsp3) is 0.417. The smallest absolute Gasteiger partial charge is 0.224 e. The number of hydrogen-bond acceptors (Lipinski definition) is 2. The number of aromatic hydroxyl groups is 1. The van der Waals surface area contributed by atoms with Crippen LogP contribution in [0.1, 0.15) is 26.7 Å². The van der Waals surface area contributed by atoms with Crippen LogP contribution in [0, 0.1) is 5.92 Å². The van der Waals surface area contributed by atoms with Crippen molar-refractivity contribution in [3.8, 4) is 5.75 Å². The van der Waals surface area contributed by atoms with E-state index in [4.69, 9.17) is 23.2 Å². The number of benzene rings is 1. The summed E-state index contributed by atoms with van der Waals surface area (Å²) in [6.45, 7) is 4.01. The number of halogens is 2. The Balaban J connectivity index is 2.78. The summed E-state index contributed by atoms with van der Waals surface area (Å²) in [7, 11) is 0. The molecule has 0 aliphatic carbocycles. The molecule has 0 aromatic heterocycles. The van der Waals surface area contributed by atoms with Crippen LogP contribution in [-0.4, -0.2) is 11.0 Å². The molecule has 1 aromatic rings. The van der Waals surface area contributed by atoms with Crippen LogP contribution in [0.25, 0.3) is 0 Å². The third-order valence-electron chi connectivity index (χ3n) is 2.53. The third-order valence-corrected chi connectivity index (χ3v) is 3.04. The Hall–Kier alpha value is -0.930. The van der Waals surface area contributed by atoms with Crippen molar-refractivity contribution in [3.05, 3.63) is 22.2 Å². The lowest BCUT2D eigenvalue weighted by molar-refractivity contribution is -0.117. The third kappa shape index (κ3) is 4.10. The van der Waals surface area contributed by atoms with E-state index in [9.17, 15) is 9.90 Å². The van der Waals surface area contributed by atoms with Gasteiger partial charge in [-0.1, -0.05) is 43.5 Å². The highest BCUT2D eigenvalue weighted by Crippen LogP contribution is 2.35. The SMILES string of the molecule is CCC(C)CC(=O)Nc1cc(Cl)cc(Cl)c1O. The summed E-state index contributed by atoms with van der Waals surface area (Å²) in [6, 6.07) is 2.89. The molecular formula is C12H15Cl2NO2. The number of hydrogen-bond donors (Lipinski definition) is 2. The van der Waals surface area contributed by atoms with Crippen molar-refractivity contribution in [2.75, 3.05) is 5.32 Å². The van der Waals surface area contributed by atoms with E-state index < -0.39 is 0 Å². The van der Waals surface area contributed by atoms with E-state index in [1.807, 2.05) is 13.8 Å². The fourth-order valence-corrected chi connectivity index (χ4v) is 1.82. The maximum Gasteiger partial charge on any atom is 0.224 e. The first-order chi connectivity index (χ1) is 7.93. The van der Waals surface area contributed by atoms with Crippen LogP contribution in [0.5, 0.6) is 5.75 Å². The lowest BCUT2D eigenvalue weighted by Crippen LogP contribution is -2.14. The molecule has 1 amide bonds. The Morgan fingerprint density at radius 1 is 1.47 bits per heavy atom. The zero-order valence-electron chi connectivity index (χ0n) is 9.76. The van der Waals surface area contributed by atoms with Crippen molar-refractivity contribution in [2.24, 2.45) is 5.92 Å². The number of carbonyl (C=O) groups excluding carboxylic acids is 1. The first-order valence-electron chi connectivity index (χ1n) is 5.41. The summed E-state index contributed by atoms with van der Waals surface area (Å²) in [5.41, 5.74) is 0.246. The molecule has 0 aliphatic heterocycles. The van der Waals surface area contributed by atoms with Crippen LogP contribution >= 0.6 is 23.2 Å². The van der Waals surface area contributed by atoms with Crippen molar-refractivity contribution in [3.63, 3.8) is 0 Å². The second-order valence-corrected chi connectivity index (χ2v) is 4.89. The van der Waals surface area contributed by atoms with Gasteiger partial charge in [-0.15, -0.1) is 0 Å². The van der Waals surface area contributed by atoms with E-state index in [1.165, 1.54) is 12.1 Å². The molecule has 0 saturated carbocycles. The Morgan fingerprint density at radius 2 is 2.12 bits per heavy atom. The van der Waals surface area contributed by atoms with Gasteiger partial charge < -0.3 is 10.4 Å². The van der Waals surface area contributed by atoms with Crippen molar-refractivity contribution < 1.29 is 9.90 Å². The van der Waals surface area contributed by atoms with Crippen LogP contribution in [0.15, 0.2) is 12.1 Å². The van der Waals surface area contributed by atoms with E-state index in [2.05, 4.69) is 5.32 Å². The van der Waals surface area contributed by atoms with Crippen molar-refractivity contribution in [1.29, 1.82) is 0 Å². The average molecular weight is 276 g/mol. The van der Waals surface area contributed by atoms with Crippen LogP contribution in [0.3, 0.4) is 0 Å². The van der Waals surface area contributed by atoms with Gasteiger partial charge in [0.05, 0.1) is 10.7 Å². The number of nitrogens with one attached hydrogen (secondary N) is 1. The number of anilines is 1. The second-order valence-electron chi connectivity index (χ2n) is 4.05. The van der Waals surface area contributed by atoms with E-state index in [0.717, 1.165) is 6.42 Å². The highest BCUT2D eigenvalue weighted by atomic mass is 35.5. The predicted molar refractivity (Wildman–Crippen MR) is 70.8 cm³/mol. The normalized spacial score (nSPS) is 12.2. The average Bonchev–Trinajstić information content (AvgIpc) is 2.24. The summed E-state index contributed by atoms with van der Waals surface area (Å²) in [5, 5.41) is 12.7. The minimum Gasteiger partial charge on any atom is -0.504 e. The molecule has 0 saturated heterocycles. The quantitative estimate of drug-likeness (QED) is 0.814. The van der Waals surface area contributed by atoms with Crippen LogP contribution in [0.4, 0.5) is 5.69 Å². The molecule has 0 heterocycles. The molecule has 3 nitrogen and oxygen atoms in total. The van der Waals surface area contributed by atoms with Gasteiger partial charge in [0, 0.05) is 11.4 Å². The Labute approximate surface area is 111 Å². The maximum absolute atomic E-state index is 11.6. The molecule has 0 aliphatic rings. The zero-order valence-corrected chi connectivity index (χ0v) is 11.3. The van der Waals surface area contributed by atoms with Gasteiger partial charge in [-0.05, 0) is 18.1 Å². The molecule has 17 heavy (non-hydrogen) atoms. The van der Waals surface area contributed by atoms with Gasteiger partial charge in [0.2, 0.25) is 5.91 Å². The summed E-state index contributed by atoms with van der Waals surface area (Å²) >= 11 is 11.5. The number of amides is 1. The highest BCUT2D eigenvalue weighted by molar-refractivity contribution is 6.36. The van der Waals surface area contributed by atoms with Gasteiger partial charge in [-0.2, -0.15) is 0 Å². The number of phenols is 1. The lowest BCUT2D eigenvalue weighted by Gasteiger charge is -2.11. The summed E-state index contributed by atoms with van der Waals surface area (Å²) in [4.78, 5) is 11.6. The maximum atomic E-state index is 11.6. The van der Waals surface area contributed by atoms with E-state index in [0.29, 0.717) is 17.4 Å². The highest BCUT2D eigenvalue weighted by Gasteiger charge is 2.12. The van der Waals surface area contributed by atoms with Crippen molar-refractivity contribution in [2.45, 2.75) is 26.7 Å². The Bertz CT molecular complexity index is 421. The molecule has 0 bridgehead atoms. The van der Waals surface area contributed by atoms with Gasteiger partial charge in [0.25, 0.3) is 0 Å². The fourth-order valence-electron chi connectivity index (χ4n) is 1.32. The van der Waals surface area contributed by atoms with Gasteiger partial charge in [-0.25, -0.2) is 0 Å². The standard InChI is InChI=1S/C12H15Cl2NO2/c1-3-7(2)4-11(16)15-10-6-8(13)5-9(14)12(10)17/h5-7,17H,3-4H2,1-2H3,(H,15,16). The largest absolute Gasteiger partial charge is 0.504 e. The number of phenolic OH excluding ortho intramolecular Hbond substituents is 1. The zero-order chi connectivity index (χ0) is 13.0. The summed E-state index contributed by atoms with van der Waals surface area (Å²) in [6.07, 6.45) is 1.33. The van der Waals surface area contributed by atoms with E-state index in [-0.39, 0.29) is 22.4 Å². The van der Waals surface area contributed by atoms with Crippen LogP contribution in [0.2, 0.25) is 10.0 Å². The van der Waals surface area contributed by atoms with Gasteiger partial charge >= 0.3 is 0 Å². The molecule has 1 atom stereocenters. The van der Waals surface area contributed by atoms with Crippen LogP contribution < -0.4 is 5.32 Å². The minimum absolute atomic E-state index is 0.122. The Morgan fingerprint density at radius 3 is 2.71 bits per heavy atom. The number of rotatable bonds is 4. The van der Waals surface area contributed by atoms with Crippen molar-refractivity contribution in [1.82, 2.24) is 0 Å².